The highest BCUT2D eigenvalue weighted by molar-refractivity contribution is 7.14. The number of hydrogen-bond donors (Lipinski definition) is 2. The van der Waals surface area contributed by atoms with Gasteiger partial charge in [-0.1, -0.05) is 36.4 Å². The average molecular weight is 408 g/mol. The van der Waals surface area contributed by atoms with Crippen molar-refractivity contribution < 1.29 is 19.1 Å². The Bertz CT molecular complexity index is 1040. The van der Waals surface area contributed by atoms with Gasteiger partial charge < -0.3 is 15.4 Å². The van der Waals surface area contributed by atoms with E-state index in [0.717, 1.165) is 10.4 Å². The molecule has 0 fully saturated rings. The van der Waals surface area contributed by atoms with E-state index in [1.807, 2.05) is 31.2 Å². The number of aryl methyl sites for hydroxylation is 1. The molecule has 0 aliphatic carbocycles. The minimum absolute atomic E-state index is 0.0718. The molecule has 1 heterocycles. The van der Waals surface area contributed by atoms with Crippen molar-refractivity contribution in [2.45, 2.75) is 13.5 Å². The van der Waals surface area contributed by atoms with Crippen LogP contribution in [0.25, 0.3) is 0 Å². The molecule has 29 heavy (non-hydrogen) atoms. The number of ketones is 1. The third-order valence-corrected chi connectivity index (χ3v) is 5.24. The summed E-state index contributed by atoms with van der Waals surface area (Å²) in [6.45, 7) is 2.03. The predicted octanol–water partition coefficient (Wildman–Crippen LogP) is 3.55. The van der Waals surface area contributed by atoms with Crippen molar-refractivity contribution in [3.8, 4) is 5.75 Å². The van der Waals surface area contributed by atoms with Crippen molar-refractivity contribution >= 4 is 34.6 Å². The summed E-state index contributed by atoms with van der Waals surface area (Å²) in [4.78, 5) is 38.1. The lowest BCUT2D eigenvalue weighted by molar-refractivity contribution is -0.136. The topological polar surface area (TPSA) is 84.5 Å². The predicted molar refractivity (Wildman–Crippen MR) is 112 cm³/mol. The summed E-state index contributed by atoms with van der Waals surface area (Å²) in [7, 11) is 1.49. The summed E-state index contributed by atoms with van der Waals surface area (Å²) >= 11 is 1.29. The second-order valence-electron chi connectivity index (χ2n) is 6.30. The Morgan fingerprint density at radius 1 is 0.966 bits per heavy atom. The maximum atomic E-state index is 12.4. The van der Waals surface area contributed by atoms with Gasteiger partial charge in [0.05, 0.1) is 24.2 Å². The number of ether oxygens (including phenoxy) is 1. The smallest absolute Gasteiger partial charge is 0.313 e. The highest BCUT2D eigenvalue weighted by Gasteiger charge is 2.17. The quantitative estimate of drug-likeness (QED) is 0.483. The molecule has 0 saturated carbocycles. The van der Waals surface area contributed by atoms with Crippen LogP contribution in [-0.4, -0.2) is 24.7 Å². The molecular weight excluding hydrogens is 388 g/mol. The van der Waals surface area contributed by atoms with Gasteiger partial charge in [0, 0.05) is 10.4 Å². The first-order chi connectivity index (χ1) is 14.0. The van der Waals surface area contributed by atoms with E-state index >= 15 is 0 Å². The van der Waals surface area contributed by atoms with Crippen LogP contribution in [-0.2, 0) is 16.1 Å². The van der Waals surface area contributed by atoms with Gasteiger partial charge in [-0.2, -0.15) is 0 Å². The molecule has 1 aromatic heterocycles. The van der Waals surface area contributed by atoms with Crippen molar-refractivity contribution in [3.63, 3.8) is 0 Å². The van der Waals surface area contributed by atoms with Gasteiger partial charge in [0.2, 0.25) is 5.78 Å². The summed E-state index contributed by atoms with van der Waals surface area (Å²) in [5.74, 6) is -1.15. The Balaban J connectivity index is 1.58. The number of rotatable bonds is 6. The molecule has 0 unspecified atom stereocenters. The molecular formula is C22H20N2O4S. The van der Waals surface area contributed by atoms with Crippen molar-refractivity contribution in [1.29, 1.82) is 0 Å². The first kappa shape index (κ1) is 20.3. The lowest BCUT2D eigenvalue weighted by Crippen LogP contribution is -2.34. The van der Waals surface area contributed by atoms with Crippen molar-refractivity contribution in [2.75, 3.05) is 12.4 Å². The van der Waals surface area contributed by atoms with Crippen LogP contribution in [0.5, 0.6) is 5.75 Å². The molecule has 3 rings (SSSR count). The molecule has 2 aromatic carbocycles. The van der Waals surface area contributed by atoms with Gasteiger partial charge in [-0.25, -0.2) is 0 Å². The number of carbonyl (C=O) groups excluding carboxylic acids is 3. The number of thiophene rings is 1. The normalized spacial score (nSPS) is 10.3. The molecule has 0 atom stereocenters. The monoisotopic (exact) mass is 408 g/mol. The SMILES string of the molecule is COc1ccc(C)cc1NC(=O)C(=O)NCc1ccc(C(=O)c2ccccc2)s1. The molecule has 0 aliphatic rings. The van der Waals surface area contributed by atoms with Crippen LogP contribution in [0.15, 0.2) is 60.7 Å². The van der Waals surface area contributed by atoms with E-state index in [-0.39, 0.29) is 12.3 Å². The Labute approximate surface area is 172 Å². The van der Waals surface area contributed by atoms with Crippen LogP contribution in [0.2, 0.25) is 0 Å². The van der Waals surface area contributed by atoms with Crippen molar-refractivity contribution in [1.82, 2.24) is 5.32 Å². The Hall–Kier alpha value is -3.45. The minimum atomic E-state index is -0.786. The first-order valence-corrected chi connectivity index (χ1v) is 9.72. The fourth-order valence-corrected chi connectivity index (χ4v) is 3.58. The third kappa shape index (κ3) is 5.08. The number of methoxy groups -OCH3 is 1. The van der Waals surface area contributed by atoms with E-state index in [1.165, 1.54) is 18.4 Å². The lowest BCUT2D eigenvalue weighted by Gasteiger charge is -2.10. The number of carbonyl (C=O) groups is 3. The fourth-order valence-electron chi connectivity index (χ4n) is 2.67. The molecule has 0 radical (unpaired) electrons. The third-order valence-electron chi connectivity index (χ3n) is 4.15. The first-order valence-electron chi connectivity index (χ1n) is 8.90. The molecule has 0 aliphatic heterocycles. The number of benzene rings is 2. The summed E-state index contributed by atoms with van der Waals surface area (Å²) in [6.07, 6.45) is 0. The van der Waals surface area contributed by atoms with E-state index in [2.05, 4.69) is 10.6 Å². The Morgan fingerprint density at radius 2 is 1.72 bits per heavy atom. The number of anilines is 1. The minimum Gasteiger partial charge on any atom is -0.495 e. The van der Waals surface area contributed by atoms with E-state index in [0.29, 0.717) is 21.9 Å². The number of hydrogen-bond acceptors (Lipinski definition) is 5. The van der Waals surface area contributed by atoms with Gasteiger partial charge in [-0.15, -0.1) is 11.3 Å². The molecule has 2 amide bonds. The molecule has 2 N–H and O–H groups in total. The Morgan fingerprint density at radius 3 is 2.45 bits per heavy atom. The van der Waals surface area contributed by atoms with E-state index in [1.54, 1.807) is 36.4 Å². The second kappa shape index (κ2) is 9.16. The largest absolute Gasteiger partial charge is 0.495 e. The van der Waals surface area contributed by atoms with Crippen LogP contribution in [0.1, 0.15) is 25.7 Å². The zero-order valence-corrected chi connectivity index (χ0v) is 16.8. The highest BCUT2D eigenvalue weighted by atomic mass is 32.1. The zero-order chi connectivity index (χ0) is 20.8. The van der Waals surface area contributed by atoms with Crippen LogP contribution in [0.3, 0.4) is 0 Å². The number of nitrogens with one attached hydrogen (secondary N) is 2. The molecule has 0 spiro atoms. The van der Waals surface area contributed by atoms with E-state index in [4.69, 9.17) is 4.74 Å². The van der Waals surface area contributed by atoms with Crippen LogP contribution in [0.4, 0.5) is 5.69 Å². The highest BCUT2D eigenvalue weighted by Crippen LogP contribution is 2.25. The van der Waals surface area contributed by atoms with Gasteiger partial charge in [0.15, 0.2) is 0 Å². The summed E-state index contributed by atoms with van der Waals surface area (Å²) in [6, 6.07) is 17.8. The van der Waals surface area contributed by atoms with Gasteiger partial charge >= 0.3 is 11.8 Å². The molecule has 0 saturated heterocycles. The van der Waals surface area contributed by atoms with Gasteiger partial charge in [-0.3, -0.25) is 14.4 Å². The second-order valence-corrected chi connectivity index (χ2v) is 7.47. The summed E-state index contributed by atoms with van der Waals surface area (Å²) < 4.78 is 5.20. The molecule has 0 bridgehead atoms. The fraction of sp³-hybridized carbons (Fsp3) is 0.136. The molecule has 148 valence electrons. The lowest BCUT2D eigenvalue weighted by atomic mass is 10.1. The van der Waals surface area contributed by atoms with Crippen LogP contribution in [0, 0.1) is 6.92 Å². The van der Waals surface area contributed by atoms with Crippen molar-refractivity contribution in [2.24, 2.45) is 0 Å². The standard InChI is InChI=1S/C22H20N2O4S/c1-14-8-10-18(28-2)17(12-14)24-22(27)21(26)23-13-16-9-11-19(29-16)20(25)15-6-4-3-5-7-15/h3-12H,13H2,1-2H3,(H,23,26)(H,24,27). The van der Waals surface area contributed by atoms with Gasteiger partial charge in [0.25, 0.3) is 0 Å². The van der Waals surface area contributed by atoms with Crippen LogP contribution < -0.4 is 15.4 Å². The van der Waals surface area contributed by atoms with Crippen LogP contribution >= 0.6 is 11.3 Å². The van der Waals surface area contributed by atoms with E-state index < -0.39 is 11.8 Å². The van der Waals surface area contributed by atoms with Crippen molar-refractivity contribution in [3.05, 3.63) is 81.5 Å². The summed E-state index contributed by atoms with van der Waals surface area (Å²) in [5.41, 5.74) is 1.96. The Kier molecular flexibility index (Phi) is 6.41. The summed E-state index contributed by atoms with van der Waals surface area (Å²) in [5, 5.41) is 5.13. The van der Waals surface area contributed by atoms with Gasteiger partial charge in [-0.05, 0) is 36.8 Å². The molecule has 3 aromatic rings. The van der Waals surface area contributed by atoms with E-state index in [9.17, 15) is 14.4 Å². The van der Waals surface area contributed by atoms with Gasteiger partial charge in [0.1, 0.15) is 5.75 Å². The maximum Gasteiger partial charge on any atom is 0.313 e. The molecule has 6 nitrogen and oxygen atoms in total. The maximum absolute atomic E-state index is 12.4. The average Bonchev–Trinajstić information content (AvgIpc) is 3.21. The molecule has 7 heteroatoms. The number of amides is 2. The zero-order valence-electron chi connectivity index (χ0n) is 16.0.